The number of hydrogen-bond acceptors (Lipinski definition) is 3. The van der Waals surface area contributed by atoms with Gasteiger partial charge in [0.25, 0.3) is 0 Å². The Morgan fingerprint density at radius 1 is 1.29 bits per heavy atom. The molecular formula is C18H22N2O. The number of fused-ring (bicyclic) bond motifs is 1. The minimum atomic E-state index is -0.410. The maximum Gasteiger partial charge on any atom is 0.131 e. The molecule has 3 heteroatoms. The number of pyridine rings is 1. The van der Waals surface area contributed by atoms with Crippen LogP contribution in [0.4, 0.5) is 5.82 Å². The van der Waals surface area contributed by atoms with Gasteiger partial charge < -0.3 is 10.0 Å². The molecule has 0 radical (unpaired) electrons. The standard InChI is InChI=1S/C18H22N2O/c1-3-17(21)16-10-13(2)18(19-11-16)20-9-8-14-6-4-5-7-15(14)12-20/h4-7,10-11,17,21H,3,8-9,12H2,1-2H3/t17-/m1/s1. The van der Waals surface area contributed by atoms with E-state index in [1.807, 2.05) is 13.1 Å². The van der Waals surface area contributed by atoms with E-state index in [1.54, 1.807) is 0 Å². The molecule has 2 aromatic rings. The minimum absolute atomic E-state index is 0.410. The fraction of sp³-hybridized carbons (Fsp3) is 0.389. The SMILES string of the molecule is CC[C@@H](O)c1cnc(N2CCc3ccccc3C2)c(C)c1. The van der Waals surface area contributed by atoms with Crippen LogP contribution in [0, 0.1) is 6.92 Å². The molecule has 3 rings (SSSR count). The summed E-state index contributed by atoms with van der Waals surface area (Å²) in [6.07, 6.45) is 3.19. The largest absolute Gasteiger partial charge is 0.388 e. The van der Waals surface area contributed by atoms with Crippen molar-refractivity contribution in [1.82, 2.24) is 4.98 Å². The lowest BCUT2D eigenvalue weighted by Crippen LogP contribution is -2.31. The fourth-order valence-corrected chi connectivity index (χ4v) is 3.01. The first-order chi connectivity index (χ1) is 10.2. The third-order valence-corrected chi connectivity index (χ3v) is 4.27. The van der Waals surface area contributed by atoms with Crippen LogP contribution in [0.3, 0.4) is 0 Å². The molecular weight excluding hydrogens is 260 g/mol. The van der Waals surface area contributed by atoms with Crippen LogP contribution in [-0.4, -0.2) is 16.6 Å². The molecule has 3 nitrogen and oxygen atoms in total. The van der Waals surface area contributed by atoms with Gasteiger partial charge in [-0.05, 0) is 48.1 Å². The summed E-state index contributed by atoms with van der Waals surface area (Å²) in [6.45, 7) is 5.98. The Kier molecular flexibility index (Phi) is 3.93. The average molecular weight is 282 g/mol. The lowest BCUT2D eigenvalue weighted by Gasteiger charge is -2.31. The highest BCUT2D eigenvalue weighted by Crippen LogP contribution is 2.27. The zero-order valence-corrected chi connectivity index (χ0v) is 12.7. The maximum atomic E-state index is 9.93. The highest BCUT2D eigenvalue weighted by Gasteiger charge is 2.19. The molecule has 0 spiro atoms. The predicted molar refractivity (Wildman–Crippen MR) is 85.4 cm³/mol. The quantitative estimate of drug-likeness (QED) is 0.937. The number of aliphatic hydroxyl groups is 1. The summed E-state index contributed by atoms with van der Waals surface area (Å²) in [7, 11) is 0. The summed E-state index contributed by atoms with van der Waals surface area (Å²) >= 11 is 0. The highest BCUT2D eigenvalue weighted by molar-refractivity contribution is 5.50. The number of aliphatic hydroxyl groups excluding tert-OH is 1. The summed E-state index contributed by atoms with van der Waals surface area (Å²) in [5.74, 6) is 1.04. The van der Waals surface area contributed by atoms with Crippen LogP contribution < -0.4 is 4.90 Å². The molecule has 110 valence electrons. The van der Waals surface area contributed by atoms with Crippen LogP contribution in [0.2, 0.25) is 0 Å². The third-order valence-electron chi connectivity index (χ3n) is 4.27. The van der Waals surface area contributed by atoms with E-state index >= 15 is 0 Å². The fourth-order valence-electron chi connectivity index (χ4n) is 3.01. The molecule has 0 aliphatic carbocycles. The summed E-state index contributed by atoms with van der Waals surface area (Å²) in [6, 6.07) is 10.7. The van der Waals surface area contributed by atoms with Gasteiger partial charge in [-0.1, -0.05) is 31.2 Å². The topological polar surface area (TPSA) is 36.4 Å². The molecule has 0 amide bonds. The van der Waals surface area contributed by atoms with Crippen molar-refractivity contribution in [3.8, 4) is 0 Å². The number of benzene rings is 1. The van der Waals surface area contributed by atoms with E-state index in [-0.39, 0.29) is 0 Å². The smallest absolute Gasteiger partial charge is 0.131 e. The molecule has 1 N–H and O–H groups in total. The van der Waals surface area contributed by atoms with Crippen LogP contribution in [-0.2, 0) is 13.0 Å². The Balaban J connectivity index is 1.85. The summed E-state index contributed by atoms with van der Waals surface area (Å²) in [5, 5.41) is 9.93. The first-order valence-corrected chi connectivity index (χ1v) is 7.65. The zero-order chi connectivity index (χ0) is 14.8. The summed E-state index contributed by atoms with van der Waals surface area (Å²) in [5.41, 5.74) is 4.89. The Morgan fingerprint density at radius 2 is 2.05 bits per heavy atom. The van der Waals surface area contributed by atoms with Gasteiger partial charge in [0.15, 0.2) is 0 Å². The first kappa shape index (κ1) is 14.1. The second kappa shape index (κ2) is 5.86. The van der Waals surface area contributed by atoms with E-state index in [0.29, 0.717) is 0 Å². The second-order valence-corrected chi connectivity index (χ2v) is 5.77. The van der Waals surface area contributed by atoms with E-state index in [9.17, 15) is 5.11 Å². The number of nitrogens with zero attached hydrogens (tertiary/aromatic N) is 2. The third kappa shape index (κ3) is 2.79. The normalized spacial score (nSPS) is 15.7. The maximum absolute atomic E-state index is 9.93. The van der Waals surface area contributed by atoms with Gasteiger partial charge in [-0.25, -0.2) is 4.98 Å². The molecule has 0 fully saturated rings. The van der Waals surface area contributed by atoms with Gasteiger partial charge in [-0.3, -0.25) is 0 Å². The lowest BCUT2D eigenvalue weighted by atomic mass is 9.99. The van der Waals surface area contributed by atoms with Crippen LogP contribution in [0.15, 0.2) is 36.5 Å². The zero-order valence-electron chi connectivity index (χ0n) is 12.7. The van der Waals surface area contributed by atoms with Crippen molar-refractivity contribution in [2.75, 3.05) is 11.4 Å². The minimum Gasteiger partial charge on any atom is -0.388 e. The average Bonchev–Trinajstić information content (AvgIpc) is 2.53. The van der Waals surface area contributed by atoms with Crippen molar-refractivity contribution < 1.29 is 5.11 Å². The van der Waals surface area contributed by atoms with Gasteiger partial charge in [0.1, 0.15) is 5.82 Å². The number of hydrogen-bond donors (Lipinski definition) is 1. The molecule has 0 unspecified atom stereocenters. The molecule has 1 atom stereocenters. The lowest BCUT2D eigenvalue weighted by molar-refractivity contribution is 0.173. The summed E-state index contributed by atoms with van der Waals surface area (Å²) in [4.78, 5) is 6.94. The van der Waals surface area contributed by atoms with Crippen molar-refractivity contribution in [3.63, 3.8) is 0 Å². The van der Waals surface area contributed by atoms with E-state index in [1.165, 1.54) is 11.1 Å². The molecule has 1 aromatic carbocycles. The Bertz CT molecular complexity index is 639. The van der Waals surface area contributed by atoms with Gasteiger partial charge in [-0.15, -0.1) is 0 Å². The van der Waals surface area contributed by atoms with Crippen molar-refractivity contribution in [1.29, 1.82) is 0 Å². The second-order valence-electron chi connectivity index (χ2n) is 5.77. The van der Waals surface area contributed by atoms with Crippen molar-refractivity contribution in [2.45, 2.75) is 39.3 Å². The molecule has 0 saturated carbocycles. The van der Waals surface area contributed by atoms with Crippen molar-refractivity contribution >= 4 is 5.82 Å². The molecule has 1 aliphatic heterocycles. The molecule has 0 saturated heterocycles. The van der Waals surface area contributed by atoms with E-state index in [4.69, 9.17) is 0 Å². The van der Waals surface area contributed by atoms with Gasteiger partial charge in [-0.2, -0.15) is 0 Å². The van der Waals surface area contributed by atoms with Crippen molar-refractivity contribution in [2.24, 2.45) is 0 Å². The molecule has 1 aromatic heterocycles. The van der Waals surface area contributed by atoms with E-state index in [2.05, 4.69) is 47.1 Å². The number of anilines is 1. The van der Waals surface area contributed by atoms with Gasteiger partial charge in [0.2, 0.25) is 0 Å². The Morgan fingerprint density at radius 3 is 2.76 bits per heavy atom. The van der Waals surface area contributed by atoms with E-state index < -0.39 is 6.10 Å². The van der Waals surface area contributed by atoms with Crippen LogP contribution in [0.5, 0.6) is 0 Å². The summed E-state index contributed by atoms with van der Waals surface area (Å²) < 4.78 is 0. The highest BCUT2D eigenvalue weighted by atomic mass is 16.3. The number of aromatic nitrogens is 1. The van der Waals surface area contributed by atoms with E-state index in [0.717, 1.165) is 42.9 Å². The number of aryl methyl sites for hydroxylation is 1. The van der Waals surface area contributed by atoms with Crippen molar-refractivity contribution in [3.05, 3.63) is 58.8 Å². The monoisotopic (exact) mass is 282 g/mol. The predicted octanol–water partition coefficient (Wildman–Crippen LogP) is 3.40. The van der Waals surface area contributed by atoms with Crippen LogP contribution in [0.25, 0.3) is 0 Å². The van der Waals surface area contributed by atoms with Crippen LogP contribution >= 0.6 is 0 Å². The molecule has 21 heavy (non-hydrogen) atoms. The Labute approximate surface area is 126 Å². The van der Waals surface area contributed by atoms with Gasteiger partial charge in [0, 0.05) is 19.3 Å². The van der Waals surface area contributed by atoms with Gasteiger partial charge in [0.05, 0.1) is 6.10 Å². The van der Waals surface area contributed by atoms with Gasteiger partial charge >= 0.3 is 0 Å². The Hall–Kier alpha value is -1.87. The number of rotatable bonds is 3. The first-order valence-electron chi connectivity index (χ1n) is 7.65. The molecule has 0 bridgehead atoms. The molecule has 1 aliphatic rings. The molecule has 2 heterocycles. The van der Waals surface area contributed by atoms with Crippen LogP contribution in [0.1, 0.15) is 41.7 Å².